The Hall–Kier alpha value is 2.45. The zero-order valence-electron chi connectivity index (χ0n) is 8.41. The lowest BCUT2D eigenvalue weighted by Gasteiger charge is -2.17. The highest BCUT2D eigenvalue weighted by molar-refractivity contribution is 8.11. The lowest BCUT2D eigenvalue weighted by Crippen LogP contribution is -2.15. The molecule has 0 spiro atoms. The molecule has 2 unspecified atom stereocenters. The van der Waals surface area contributed by atoms with E-state index < -0.39 is 0 Å². The average Bonchev–Trinajstić information content (AvgIpc) is 2.27. The van der Waals surface area contributed by atoms with E-state index in [-0.39, 0.29) is 37.1 Å². The van der Waals surface area contributed by atoms with E-state index in [0.29, 0.717) is 10.5 Å². The Kier molecular flexibility index (Phi) is 56.2. The van der Waals surface area contributed by atoms with Crippen molar-refractivity contribution in [2.75, 3.05) is 33.2 Å². The fourth-order valence-corrected chi connectivity index (χ4v) is 5.84. The molecule has 0 aliphatic heterocycles. The van der Waals surface area contributed by atoms with Crippen LogP contribution in [0.3, 0.4) is 0 Å². The van der Waals surface area contributed by atoms with Crippen LogP contribution in [0.5, 0.6) is 0 Å². The molecule has 0 saturated carbocycles. The number of hydrogen-bond donors (Lipinski definition) is 4. The molecule has 0 bridgehead atoms. The smallest absolute Gasteiger partial charge is 0.0365 e. The van der Waals surface area contributed by atoms with Gasteiger partial charge in [-0.25, -0.2) is 0 Å². The van der Waals surface area contributed by atoms with E-state index in [2.05, 4.69) is 50.5 Å². The molecule has 0 aliphatic rings. The van der Waals surface area contributed by atoms with E-state index in [1.165, 1.54) is 0 Å². The molecule has 0 rings (SSSR count). The topological polar surface area (TPSA) is 0 Å². The second-order valence-electron chi connectivity index (χ2n) is 2.74. The van der Waals surface area contributed by atoms with Gasteiger partial charge in [-0.15, -0.1) is 11.8 Å². The second kappa shape index (κ2) is 29.5. The largest absolute Gasteiger partial charge is 0.178 e. The van der Waals surface area contributed by atoms with Crippen LogP contribution in [0.15, 0.2) is 0 Å². The minimum Gasteiger partial charge on any atom is -0.178 e. The van der Waals surface area contributed by atoms with Crippen LogP contribution in [0.4, 0.5) is 0 Å². The van der Waals surface area contributed by atoms with Crippen LogP contribution in [0.2, 0.25) is 0 Å². The molecule has 0 N–H and O–H groups in total. The molecule has 0 heterocycles. The van der Waals surface area contributed by atoms with Crippen LogP contribution in [0.1, 0.15) is 37.1 Å². The molecule has 0 nitrogen and oxygen atoms in total. The first-order chi connectivity index (χ1) is 7.28. The van der Waals surface area contributed by atoms with E-state index in [1.54, 1.807) is 0 Å². The Balaban J connectivity index is -0.0000000980. The Morgan fingerprint density at radius 3 is 1.40 bits per heavy atom. The second-order valence-corrected chi connectivity index (χ2v) is 8.61. The molecule has 0 amide bonds. The van der Waals surface area contributed by atoms with Crippen molar-refractivity contribution in [1.29, 1.82) is 0 Å². The Bertz CT molecular complexity index is 136. The monoisotopic (exact) mass is 418 g/mol. The Morgan fingerprint density at radius 2 is 1.05 bits per heavy atom. The summed E-state index contributed by atoms with van der Waals surface area (Å²) < 4.78 is 0. The third kappa shape index (κ3) is 22.7. The quantitative estimate of drug-likeness (QED) is 0.229. The maximum absolute atomic E-state index is 4.37. The average molecular weight is 419 g/mol. The van der Waals surface area contributed by atoms with Gasteiger partial charge in [0.2, 0.25) is 0 Å². The molecule has 0 fully saturated rings. The fraction of sp³-hybridized carbons (Fsp3) is 1.00. The fourth-order valence-electron chi connectivity index (χ4n) is 0.840. The predicted octanol–water partition coefficient (Wildman–Crippen LogP) is 6.74. The zero-order valence-corrected chi connectivity index (χ0v) is 14.4. The number of thiol groups is 4. The van der Waals surface area contributed by atoms with E-state index in [4.69, 9.17) is 0 Å². The number of thioether (sulfide) groups is 3. The van der Waals surface area contributed by atoms with Crippen LogP contribution < -0.4 is 0 Å². The molecule has 0 saturated heterocycles. The van der Waals surface area contributed by atoms with E-state index >= 15 is 0 Å². The first-order valence-electron chi connectivity index (χ1n) is 4.52. The Morgan fingerprint density at radius 1 is 0.600 bits per heavy atom. The van der Waals surface area contributed by atoms with E-state index in [1.807, 2.05) is 35.3 Å². The lowest BCUT2D eigenvalue weighted by molar-refractivity contribution is 1.11. The van der Waals surface area contributed by atoms with Gasteiger partial charge in [0.1, 0.15) is 0 Å². The van der Waals surface area contributed by atoms with Crippen molar-refractivity contribution >= 4 is 85.8 Å². The van der Waals surface area contributed by atoms with Gasteiger partial charge in [-0.2, -0.15) is 74.0 Å². The minimum absolute atomic E-state index is 0. The number of rotatable bonds is 10. The Labute approximate surface area is 165 Å². The summed E-state index contributed by atoms with van der Waals surface area (Å²) in [6.45, 7) is 0. The van der Waals surface area contributed by atoms with Crippen LogP contribution in [-0.4, -0.2) is 43.7 Å². The zero-order chi connectivity index (χ0) is 11.5. The standard InChI is InChI=1S/C8H18S7.5CH4/c9-1-7(3-13-5-11)14-4-8(2-10)15-6-12;;;;;/h7-12H,1-6H2;5*1H4. The van der Waals surface area contributed by atoms with Crippen molar-refractivity contribution in [3.63, 3.8) is 0 Å². The highest BCUT2D eigenvalue weighted by Crippen LogP contribution is 2.24. The maximum Gasteiger partial charge on any atom is 0.0365 e. The predicted molar refractivity (Wildman–Crippen MR) is 129 cm³/mol. The van der Waals surface area contributed by atoms with Crippen molar-refractivity contribution in [3.8, 4) is 0 Å². The third-order valence-electron chi connectivity index (χ3n) is 1.63. The van der Waals surface area contributed by atoms with Crippen molar-refractivity contribution in [3.05, 3.63) is 0 Å². The summed E-state index contributed by atoms with van der Waals surface area (Å²) in [7, 11) is 0. The molecule has 0 aliphatic carbocycles. The van der Waals surface area contributed by atoms with Crippen LogP contribution in [0.25, 0.3) is 0 Å². The maximum atomic E-state index is 4.37. The molecule has 0 radical (unpaired) electrons. The summed E-state index contributed by atoms with van der Waals surface area (Å²) in [5, 5.41) is 3.02. The van der Waals surface area contributed by atoms with E-state index in [0.717, 1.165) is 33.2 Å². The van der Waals surface area contributed by atoms with Crippen molar-refractivity contribution in [2.45, 2.75) is 47.6 Å². The molecule has 0 aromatic heterocycles. The molecule has 0 aromatic rings. The molecular weight excluding hydrogens is 381 g/mol. The van der Waals surface area contributed by atoms with Crippen molar-refractivity contribution in [1.82, 2.24) is 0 Å². The first-order valence-corrected chi connectivity index (χ1v) is 10.3. The summed E-state index contributed by atoms with van der Waals surface area (Å²) in [5.74, 6) is 4.16. The highest BCUT2D eigenvalue weighted by Gasteiger charge is 2.12. The first kappa shape index (κ1) is 38.2. The van der Waals surface area contributed by atoms with Crippen LogP contribution >= 0.6 is 85.8 Å². The molecule has 7 heteroatoms. The molecular formula is C13H38S7. The van der Waals surface area contributed by atoms with Crippen molar-refractivity contribution < 1.29 is 0 Å². The lowest BCUT2D eigenvalue weighted by atomic mass is 10.5. The van der Waals surface area contributed by atoms with Crippen LogP contribution in [0, 0.1) is 0 Å². The molecule has 2 atom stereocenters. The van der Waals surface area contributed by atoms with Gasteiger partial charge in [0.05, 0.1) is 0 Å². The summed E-state index contributed by atoms with van der Waals surface area (Å²) in [4.78, 5) is 0. The van der Waals surface area contributed by atoms with Gasteiger partial charge in [0.25, 0.3) is 0 Å². The summed E-state index contributed by atoms with van der Waals surface area (Å²) >= 11 is 22.9. The minimum atomic E-state index is 0. The highest BCUT2D eigenvalue weighted by atomic mass is 32.2. The van der Waals surface area contributed by atoms with Gasteiger partial charge in [0.15, 0.2) is 0 Å². The van der Waals surface area contributed by atoms with Gasteiger partial charge >= 0.3 is 0 Å². The van der Waals surface area contributed by atoms with Gasteiger partial charge in [-0.05, 0) is 0 Å². The van der Waals surface area contributed by atoms with Gasteiger partial charge in [-0.1, -0.05) is 37.1 Å². The van der Waals surface area contributed by atoms with E-state index in [9.17, 15) is 0 Å². The summed E-state index contributed by atoms with van der Waals surface area (Å²) in [6, 6.07) is 0. The van der Waals surface area contributed by atoms with Crippen LogP contribution in [-0.2, 0) is 0 Å². The molecule has 132 valence electrons. The third-order valence-corrected chi connectivity index (χ3v) is 7.60. The summed E-state index contributed by atoms with van der Waals surface area (Å²) in [5.41, 5.74) is 0. The van der Waals surface area contributed by atoms with Gasteiger partial charge in [-0.3, -0.25) is 0 Å². The van der Waals surface area contributed by atoms with Gasteiger partial charge < -0.3 is 0 Å². The van der Waals surface area contributed by atoms with Gasteiger partial charge in [0, 0.05) is 43.7 Å². The number of hydrogen-bond acceptors (Lipinski definition) is 7. The summed E-state index contributed by atoms with van der Waals surface area (Å²) in [6.07, 6.45) is 0. The molecule has 20 heavy (non-hydrogen) atoms. The van der Waals surface area contributed by atoms with Crippen molar-refractivity contribution in [2.24, 2.45) is 0 Å². The SMILES string of the molecule is C.C.C.C.C.SCSCC(CS)SCC(CS)SCS. The molecule has 0 aromatic carbocycles. The normalized spacial score (nSPS) is 11.4.